The summed E-state index contributed by atoms with van der Waals surface area (Å²) in [6.07, 6.45) is 5.74. The highest BCUT2D eigenvalue weighted by Crippen LogP contribution is 2.00. The number of nitrogens with one attached hydrogen (secondary N) is 1. The lowest BCUT2D eigenvalue weighted by Gasteiger charge is -2.09. The molecule has 0 aromatic carbocycles. The van der Waals surface area contributed by atoms with Gasteiger partial charge in [-0.3, -0.25) is 4.98 Å². The van der Waals surface area contributed by atoms with Crippen LogP contribution in [0.4, 0.5) is 5.69 Å². The van der Waals surface area contributed by atoms with Gasteiger partial charge in [-0.25, -0.2) is 0 Å². The molecule has 0 saturated carbocycles. The summed E-state index contributed by atoms with van der Waals surface area (Å²) in [6, 6.07) is 3.88. The molecule has 0 spiro atoms. The van der Waals surface area contributed by atoms with Crippen molar-refractivity contribution in [3.8, 4) is 0 Å². The van der Waals surface area contributed by atoms with Crippen LogP contribution in [0.2, 0.25) is 0 Å². The Bertz CT molecular complexity index is 221. The molecule has 0 aliphatic rings. The number of hydrogen-bond donors (Lipinski definition) is 1. The standard InChI is InChI=1S/C10H16N3/c1-13(2)8-4-7-12-10-5-3-6-11-9-10/h3,5-6,12H,4,7-8H2,1-2H3. The molecule has 1 rings (SSSR count). The first-order valence-corrected chi connectivity index (χ1v) is 4.50. The van der Waals surface area contributed by atoms with E-state index in [1.807, 2.05) is 12.1 Å². The Balaban J connectivity index is 2.13. The second kappa shape index (κ2) is 5.54. The lowest BCUT2D eigenvalue weighted by atomic mass is 10.3. The quantitative estimate of drug-likeness (QED) is 0.688. The van der Waals surface area contributed by atoms with Gasteiger partial charge in [-0.2, -0.15) is 0 Å². The molecule has 71 valence electrons. The molecule has 1 aromatic heterocycles. The minimum atomic E-state index is 0.973. The summed E-state index contributed by atoms with van der Waals surface area (Å²) in [5.41, 5.74) is 0.973. The first-order valence-electron chi connectivity index (χ1n) is 4.50. The molecule has 1 heterocycles. The van der Waals surface area contributed by atoms with Gasteiger partial charge in [0.25, 0.3) is 0 Å². The average Bonchev–Trinajstić information content (AvgIpc) is 2.14. The van der Waals surface area contributed by atoms with Crippen molar-refractivity contribution in [2.75, 3.05) is 32.5 Å². The molecule has 1 N–H and O–H groups in total. The SMILES string of the molecule is CN(C)CCCNc1[c]nccc1. The molecule has 1 aromatic rings. The van der Waals surface area contributed by atoms with Crippen molar-refractivity contribution >= 4 is 5.69 Å². The predicted octanol–water partition coefficient (Wildman–Crippen LogP) is 1.25. The van der Waals surface area contributed by atoms with E-state index in [0.29, 0.717) is 0 Å². The van der Waals surface area contributed by atoms with Gasteiger partial charge in [0.1, 0.15) is 6.20 Å². The molecule has 13 heavy (non-hydrogen) atoms. The number of hydrogen-bond acceptors (Lipinski definition) is 3. The van der Waals surface area contributed by atoms with Crippen LogP contribution in [0.1, 0.15) is 6.42 Å². The van der Waals surface area contributed by atoms with Crippen LogP contribution in [0.25, 0.3) is 0 Å². The van der Waals surface area contributed by atoms with Gasteiger partial charge in [0, 0.05) is 12.7 Å². The van der Waals surface area contributed by atoms with Crippen molar-refractivity contribution in [3.05, 3.63) is 24.5 Å². The minimum Gasteiger partial charge on any atom is -0.383 e. The van der Waals surface area contributed by atoms with Crippen molar-refractivity contribution in [1.82, 2.24) is 9.88 Å². The van der Waals surface area contributed by atoms with Crippen molar-refractivity contribution in [2.24, 2.45) is 0 Å². The Morgan fingerprint density at radius 3 is 3.00 bits per heavy atom. The van der Waals surface area contributed by atoms with Gasteiger partial charge >= 0.3 is 0 Å². The molecule has 0 saturated heterocycles. The van der Waals surface area contributed by atoms with Gasteiger partial charge in [0.2, 0.25) is 0 Å². The fraction of sp³-hybridized carbons (Fsp3) is 0.500. The van der Waals surface area contributed by atoms with E-state index in [0.717, 1.165) is 25.2 Å². The third kappa shape index (κ3) is 4.48. The molecule has 0 unspecified atom stereocenters. The third-order valence-electron chi connectivity index (χ3n) is 1.71. The molecule has 0 fully saturated rings. The summed E-state index contributed by atoms with van der Waals surface area (Å²) >= 11 is 0. The Kier molecular flexibility index (Phi) is 4.26. The van der Waals surface area contributed by atoms with Crippen LogP contribution in [-0.2, 0) is 0 Å². The fourth-order valence-corrected chi connectivity index (χ4v) is 1.04. The van der Waals surface area contributed by atoms with Crippen LogP contribution in [0.15, 0.2) is 18.3 Å². The second-order valence-corrected chi connectivity index (χ2v) is 3.25. The lowest BCUT2D eigenvalue weighted by Crippen LogP contribution is -2.16. The maximum atomic E-state index is 3.90. The molecule has 0 atom stereocenters. The predicted molar refractivity (Wildman–Crippen MR) is 54.7 cm³/mol. The summed E-state index contributed by atoms with van der Waals surface area (Å²) in [5.74, 6) is 0. The number of nitrogens with zero attached hydrogens (tertiary/aromatic N) is 2. The number of rotatable bonds is 5. The largest absolute Gasteiger partial charge is 0.383 e. The normalized spacial score (nSPS) is 10.4. The fourth-order valence-electron chi connectivity index (χ4n) is 1.04. The summed E-state index contributed by atoms with van der Waals surface area (Å²) in [5, 5.41) is 3.26. The molecule has 1 radical (unpaired) electrons. The van der Waals surface area contributed by atoms with Gasteiger partial charge in [-0.1, -0.05) is 0 Å². The number of aromatic nitrogens is 1. The number of anilines is 1. The lowest BCUT2D eigenvalue weighted by molar-refractivity contribution is 0.405. The summed E-state index contributed by atoms with van der Waals surface area (Å²) in [4.78, 5) is 6.08. The molecular formula is C10H16N3. The molecule has 3 heteroatoms. The van der Waals surface area contributed by atoms with Crippen molar-refractivity contribution in [3.63, 3.8) is 0 Å². The van der Waals surface area contributed by atoms with Crippen LogP contribution < -0.4 is 5.32 Å². The van der Waals surface area contributed by atoms with E-state index in [1.165, 1.54) is 0 Å². The molecule has 3 nitrogen and oxygen atoms in total. The van der Waals surface area contributed by atoms with E-state index in [-0.39, 0.29) is 0 Å². The highest BCUT2D eigenvalue weighted by molar-refractivity contribution is 5.38. The summed E-state index contributed by atoms with van der Waals surface area (Å²) in [6.45, 7) is 2.08. The van der Waals surface area contributed by atoms with Crippen LogP contribution in [0.5, 0.6) is 0 Å². The zero-order valence-corrected chi connectivity index (χ0v) is 8.25. The zero-order valence-electron chi connectivity index (χ0n) is 8.25. The molecule has 0 aliphatic heterocycles. The van der Waals surface area contributed by atoms with E-state index in [1.54, 1.807) is 6.20 Å². The molecule has 0 aliphatic carbocycles. The smallest absolute Gasteiger partial charge is 0.114 e. The van der Waals surface area contributed by atoms with Gasteiger partial charge < -0.3 is 10.2 Å². The zero-order chi connectivity index (χ0) is 9.52. The summed E-state index contributed by atoms with van der Waals surface area (Å²) in [7, 11) is 4.16. The van der Waals surface area contributed by atoms with Crippen molar-refractivity contribution in [1.29, 1.82) is 0 Å². The maximum absolute atomic E-state index is 3.90. The third-order valence-corrected chi connectivity index (χ3v) is 1.71. The number of pyridine rings is 1. The molecule has 0 bridgehead atoms. The van der Waals surface area contributed by atoms with E-state index < -0.39 is 0 Å². The highest BCUT2D eigenvalue weighted by atomic mass is 15.1. The Morgan fingerprint density at radius 2 is 2.38 bits per heavy atom. The van der Waals surface area contributed by atoms with Gasteiger partial charge in [0.05, 0.1) is 5.69 Å². The highest BCUT2D eigenvalue weighted by Gasteiger charge is 1.92. The van der Waals surface area contributed by atoms with Crippen LogP contribution in [-0.4, -0.2) is 37.1 Å². The molecule has 0 amide bonds. The summed E-state index contributed by atoms with van der Waals surface area (Å²) < 4.78 is 0. The minimum absolute atomic E-state index is 0.973. The monoisotopic (exact) mass is 178 g/mol. The molecular weight excluding hydrogens is 162 g/mol. The van der Waals surface area contributed by atoms with Gasteiger partial charge in [-0.15, -0.1) is 0 Å². The van der Waals surface area contributed by atoms with E-state index in [9.17, 15) is 0 Å². The Morgan fingerprint density at radius 1 is 1.54 bits per heavy atom. The van der Waals surface area contributed by atoms with Gasteiger partial charge in [-0.05, 0) is 39.2 Å². The van der Waals surface area contributed by atoms with Crippen molar-refractivity contribution < 1.29 is 0 Å². The topological polar surface area (TPSA) is 28.2 Å². The Hall–Kier alpha value is -1.09. The Labute approximate surface area is 79.8 Å². The van der Waals surface area contributed by atoms with Crippen molar-refractivity contribution in [2.45, 2.75) is 6.42 Å². The van der Waals surface area contributed by atoms with E-state index in [4.69, 9.17) is 0 Å². The first kappa shape index (κ1) is 9.99. The van der Waals surface area contributed by atoms with E-state index >= 15 is 0 Å². The van der Waals surface area contributed by atoms with Gasteiger partial charge in [0.15, 0.2) is 0 Å². The van der Waals surface area contributed by atoms with Crippen LogP contribution in [0, 0.1) is 6.20 Å². The van der Waals surface area contributed by atoms with Crippen LogP contribution >= 0.6 is 0 Å². The second-order valence-electron chi connectivity index (χ2n) is 3.25. The first-order chi connectivity index (χ1) is 6.29. The van der Waals surface area contributed by atoms with E-state index in [2.05, 4.69) is 35.5 Å². The maximum Gasteiger partial charge on any atom is 0.114 e. The average molecular weight is 178 g/mol. The van der Waals surface area contributed by atoms with Crippen LogP contribution in [0.3, 0.4) is 0 Å².